The molecule has 0 aliphatic heterocycles. The summed E-state index contributed by atoms with van der Waals surface area (Å²) < 4.78 is 10.9. The highest BCUT2D eigenvalue weighted by Crippen LogP contribution is 2.32. The van der Waals surface area contributed by atoms with Crippen LogP contribution in [0.2, 0.25) is 0 Å². The molecule has 2 atom stereocenters. The van der Waals surface area contributed by atoms with Crippen LogP contribution in [0.1, 0.15) is 36.7 Å². The molecule has 0 heterocycles. The van der Waals surface area contributed by atoms with Crippen LogP contribution in [0.25, 0.3) is 0 Å². The summed E-state index contributed by atoms with van der Waals surface area (Å²) in [4.78, 5) is 34.2. The lowest BCUT2D eigenvalue weighted by Gasteiger charge is -2.28. The van der Waals surface area contributed by atoms with Crippen LogP contribution >= 0.6 is 7.60 Å². The Morgan fingerprint density at radius 2 is 1.66 bits per heavy atom. The van der Waals surface area contributed by atoms with Crippen LogP contribution < -0.4 is 10.6 Å². The van der Waals surface area contributed by atoms with Gasteiger partial charge in [0.2, 0.25) is 0 Å². The number of hydrogen-bond donors (Lipinski definition) is 6. The topological polar surface area (TPSA) is 146 Å². The first-order chi connectivity index (χ1) is 15.0. The molecule has 10 nitrogen and oxygen atoms in total. The van der Waals surface area contributed by atoms with Crippen molar-refractivity contribution in [1.82, 2.24) is 20.4 Å². The predicted octanol–water partition coefficient (Wildman–Crippen LogP) is 0.0267. The number of nitrogens with one attached hydrogen (secondary N) is 2. The zero-order valence-electron chi connectivity index (χ0n) is 19.3. The molecular formula is C21H39N4O6P. The van der Waals surface area contributed by atoms with Gasteiger partial charge in [0.1, 0.15) is 6.29 Å². The molecular weight excluding hydrogens is 435 g/mol. The Kier molecular flexibility index (Phi) is 13.2. The van der Waals surface area contributed by atoms with E-state index in [1.165, 1.54) is 0 Å². The molecule has 0 fully saturated rings. The molecule has 0 radical (unpaired) electrons. The summed E-state index contributed by atoms with van der Waals surface area (Å²) in [6, 6.07) is 6.96. The van der Waals surface area contributed by atoms with Crippen LogP contribution in [-0.4, -0.2) is 100 Å². The quantitative estimate of drug-likeness (QED) is 0.144. The summed E-state index contributed by atoms with van der Waals surface area (Å²) in [7, 11) is -4.28. The summed E-state index contributed by atoms with van der Waals surface area (Å²) in [6.45, 7) is 11.3. The normalized spacial score (nSPS) is 14.0. The number of aliphatic hydroxyl groups is 2. The van der Waals surface area contributed by atoms with Crippen molar-refractivity contribution in [3.63, 3.8) is 0 Å². The van der Waals surface area contributed by atoms with Crippen LogP contribution in [0.3, 0.4) is 0 Å². The molecule has 0 bridgehead atoms. The van der Waals surface area contributed by atoms with Gasteiger partial charge in [-0.25, -0.2) is 0 Å². The number of rotatable bonds is 16. The summed E-state index contributed by atoms with van der Waals surface area (Å²) in [6.07, 6.45) is -1.50. The maximum atomic E-state index is 12.0. The first-order valence-electron chi connectivity index (χ1n) is 10.9. The van der Waals surface area contributed by atoms with E-state index in [4.69, 9.17) is 9.79 Å². The van der Waals surface area contributed by atoms with Gasteiger partial charge in [0.05, 0.1) is 12.2 Å². The molecule has 0 spiro atoms. The van der Waals surface area contributed by atoms with Gasteiger partial charge in [0.25, 0.3) is 5.91 Å². The maximum Gasteiger partial charge on any atom is 0.344 e. The fraction of sp³-hybridized carbons (Fsp3) is 0.667. The van der Waals surface area contributed by atoms with Gasteiger partial charge in [0, 0.05) is 51.4 Å². The SMILES string of the molecule is CCN(CCN(CCNC[C@H](C)O)C[C@H](C)O)Cc1ccc(C(=O)NCP(=O)(O)O)cc1. The van der Waals surface area contributed by atoms with Crippen LogP contribution in [-0.2, 0) is 11.1 Å². The van der Waals surface area contributed by atoms with E-state index in [1.807, 2.05) is 12.1 Å². The van der Waals surface area contributed by atoms with Crippen molar-refractivity contribution < 1.29 is 29.4 Å². The van der Waals surface area contributed by atoms with Gasteiger partial charge in [-0.1, -0.05) is 19.1 Å². The predicted molar refractivity (Wildman–Crippen MR) is 124 cm³/mol. The number of carbonyl (C=O) groups is 1. The van der Waals surface area contributed by atoms with Gasteiger partial charge in [-0.15, -0.1) is 0 Å². The Morgan fingerprint density at radius 3 is 2.19 bits per heavy atom. The first kappa shape index (κ1) is 28.7. The van der Waals surface area contributed by atoms with E-state index in [-0.39, 0.29) is 6.10 Å². The standard InChI is InChI=1S/C21H39N4O6P/c1-4-24(11-12-25(14-18(3)27)10-9-22-13-17(2)26)15-19-5-7-20(8-6-19)21(28)23-16-32(29,30)31/h5-8,17-18,22,26-27H,4,9-16H2,1-3H3,(H,23,28)(H2,29,30,31)/t17-,18-/m0/s1. The minimum atomic E-state index is -4.28. The highest BCUT2D eigenvalue weighted by molar-refractivity contribution is 7.51. The third-order valence-corrected chi connectivity index (χ3v) is 5.38. The van der Waals surface area contributed by atoms with Crippen LogP contribution in [0.15, 0.2) is 24.3 Å². The average molecular weight is 475 g/mol. The number of amides is 1. The van der Waals surface area contributed by atoms with E-state index in [2.05, 4.69) is 27.4 Å². The van der Waals surface area contributed by atoms with Gasteiger partial charge in [0.15, 0.2) is 0 Å². The second kappa shape index (κ2) is 14.7. The van der Waals surface area contributed by atoms with Gasteiger partial charge >= 0.3 is 7.60 Å². The summed E-state index contributed by atoms with van der Waals surface area (Å²) >= 11 is 0. The van der Waals surface area contributed by atoms with Crippen molar-refractivity contribution in [2.24, 2.45) is 0 Å². The van der Waals surface area contributed by atoms with Crippen molar-refractivity contribution in [2.75, 3.05) is 52.1 Å². The van der Waals surface area contributed by atoms with E-state index in [0.29, 0.717) is 25.2 Å². The Bertz CT molecular complexity index is 711. The largest absolute Gasteiger partial charge is 0.392 e. The number of hydrogen-bond acceptors (Lipinski definition) is 7. The Labute approximate surface area is 190 Å². The second-order valence-corrected chi connectivity index (χ2v) is 9.74. The summed E-state index contributed by atoms with van der Waals surface area (Å²) in [5, 5.41) is 24.6. The summed E-state index contributed by atoms with van der Waals surface area (Å²) in [5.74, 6) is -0.523. The number of aliphatic hydroxyl groups excluding tert-OH is 2. The van der Waals surface area contributed by atoms with Crippen LogP contribution in [0, 0.1) is 0 Å². The second-order valence-electron chi connectivity index (χ2n) is 8.10. The maximum absolute atomic E-state index is 12.0. The lowest BCUT2D eigenvalue weighted by molar-refractivity contribution is 0.0957. The minimum Gasteiger partial charge on any atom is -0.392 e. The molecule has 1 aromatic rings. The molecule has 0 aliphatic rings. The van der Waals surface area contributed by atoms with E-state index in [1.54, 1.807) is 26.0 Å². The van der Waals surface area contributed by atoms with E-state index in [0.717, 1.165) is 38.3 Å². The minimum absolute atomic E-state index is 0.345. The van der Waals surface area contributed by atoms with Gasteiger partial charge in [-0.3, -0.25) is 19.2 Å². The molecule has 32 heavy (non-hydrogen) atoms. The molecule has 1 amide bonds. The lowest BCUT2D eigenvalue weighted by Crippen LogP contribution is -2.42. The van der Waals surface area contributed by atoms with E-state index < -0.39 is 25.9 Å². The van der Waals surface area contributed by atoms with Crippen molar-refractivity contribution in [1.29, 1.82) is 0 Å². The molecule has 11 heteroatoms. The molecule has 0 aromatic heterocycles. The summed E-state index contributed by atoms with van der Waals surface area (Å²) in [5.41, 5.74) is 1.37. The molecule has 0 saturated carbocycles. The Morgan fingerprint density at radius 1 is 1.03 bits per heavy atom. The fourth-order valence-corrected chi connectivity index (χ4v) is 3.49. The highest BCUT2D eigenvalue weighted by atomic mass is 31.2. The van der Waals surface area contributed by atoms with Gasteiger partial charge in [-0.05, 0) is 38.1 Å². The fourth-order valence-electron chi connectivity index (χ4n) is 3.14. The third-order valence-electron chi connectivity index (χ3n) is 4.81. The number of nitrogens with zero attached hydrogens (tertiary/aromatic N) is 2. The third kappa shape index (κ3) is 13.2. The molecule has 0 unspecified atom stereocenters. The highest BCUT2D eigenvalue weighted by Gasteiger charge is 2.16. The zero-order chi connectivity index (χ0) is 24.1. The van der Waals surface area contributed by atoms with Crippen molar-refractivity contribution in [2.45, 2.75) is 39.5 Å². The lowest BCUT2D eigenvalue weighted by atomic mass is 10.1. The Balaban J connectivity index is 2.56. The number of carbonyl (C=O) groups excluding carboxylic acids is 1. The molecule has 6 N–H and O–H groups in total. The van der Waals surface area contributed by atoms with Gasteiger partial charge < -0.3 is 30.6 Å². The van der Waals surface area contributed by atoms with E-state index >= 15 is 0 Å². The number of likely N-dealkylation sites (N-methyl/N-ethyl adjacent to an activating group) is 1. The zero-order valence-corrected chi connectivity index (χ0v) is 20.2. The first-order valence-corrected chi connectivity index (χ1v) is 12.7. The van der Waals surface area contributed by atoms with Crippen molar-refractivity contribution >= 4 is 13.5 Å². The van der Waals surface area contributed by atoms with Crippen LogP contribution in [0.4, 0.5) is 0 Å². The molecule has 184 valence electrons. The Hall–Kier alpha value is -1.36. The van der Waals surface area contributed by atoms with Gasteiger partial charge in [-0.2, -0.15) is 0 Å². The van der Waals surface area contributed by atoms with Crippen molar-refractivity contribution in [3.8, 4) is 0 Å². The molecule has 1 aromatic carbocycles. The van der Waals surface area contributed by atoms with E-state index in [9.17, 15) is 19.6 Å². The molecule has 1 rings (SSSR count). The monoisotopic (exact) mass is 474 g/mol. The average Bonchev–Trinajstić information content (AvgIpc) is 2.71. The van der Waals surface area contributed by atoms with Crippen LogP contribution in [0.5, 0.6) is 0 Å². The van der Waals surface area contributed by atoms with Crippen molar-refractivity contribution in [3.05, 3.63) is 35.4 Å². The molecule has 0 saturated heterocycles. The molecule has 0 aliphatic carbocycles. The number of benzene rings is 1. The smallest absolute Gasteiger partial charge is 0.344 e.